The van der Waals surface area contributed by atoms with Crippen molar-refractivity contribution in [1.29, 1.82) is 0 Å². The van der Waals surface area contributed by atoms with Crippen LogP contribution in [0, 0.1) is 6.92 Å². The summed E-state index contributed by atoms with van der Waals surface area (Å²) in [5, 5.41) is 4.39. The smallest absolute Gasteiger partial charge is 0.254 e. The van der Waals surface area contributed by atoms with Crippen molar-refractivity contribution in [2.24, 2.45) is 0 Å². The van der Waals surface area contributed by atoms with Gasteiger partial charge in [-0.1, -0.05) is 66.2 Å². The average molecular weight is 409 g/mol. The lowest BCUT2D eigenvalue weighted by Gasteiger charge is -2.18. The summed E-state index contributed by atoms with van der Waals surface area (Å²) in [6, 6.07) is 24.1. The molecule has 0 aliphatic rings. The van der Waals surface area contributed by atoms with Crippen molar-refractivity contribution in [2.45, 2.75) is 13.5 Å². The van der Waals surface area contributed by atoms with Gasteiger partial charge in [0.15, 0.2) is 5.78 Å². The Morgan fingerprint density at radius 2 is 1.52 bits per heavy atom. The van der Waals surface area contributed by atoms with E-state index in [9.17, 15) is 9.59 Å². The second-order valence-electron chi connectivity index (χ2n) is 7.53. The molecule has 0 N–H and O–H groups in total. The van der Waals surface area contributed by atoms with Crippen molar-refractivity contribution in [3.8, 4) is 5.69 Å². The Kier molecular flexibility index (Phi) is 5.76. The van der Waals surface area contributed by atoms with E-state index < -0.39 is 0 Å². The summed E-state index contributed by atoms with van der Waals surface area (Å²) in [4.78, 5) is 27.8. The number of aromatic nitrogens is 2. The molecule has 1 aromatic heterocycles. The molecule has 0 saturated heterocycles. The second kappa shape index (κ2) is 8.79. The quantitative estimate of drug-likeness (QED) is 0.434. The highest BCUT2D eigenvalue weighted by atomic mass is 16.2. The molecule has 31 heavy (non-hydrogen) atoms. The minimum Gasteiger partial charge on any atom is -0.337 e. The van der Waals surface area contributed by atoms with E-state index in [4.69, 9.17) is 0 Å². The van der Waals surface area contributed by atoms with Gasteiger partial charge in [0.25, 0.3) is 5.91 Å². The van der Waals surface area contributed by atoms with Crippen LogP contribution in [-0.4, -0.2) is 33.4 Å². The first-order valence-electron chi connectivity index (χ1n) is 10.1. The first-order valence-corrected chi connectivity index (χ1v) is 10.1. The van der Waals surface area contributed by atoms with Gasteiger partial charge in [-0.05, 0) is 25.1 Å². The summed E-state index contributed by atoms with van der Waals surface area (Å²) in [5.41, 5.74) is 4.31. The lowest BCUT2D eigenvalue weighted by Crippen LogP contribution is -2.27. The molecule has 1 heterocycles. The Labute approximate surface area is 181 Å². The maximum atomic E-state index is 13.2. The Morgan fingerprint density at radius 1 is 0.871 bits per heavy atom. The number of carbonyl (C=O) groups is 2. The summed E-state index contributed by atoms with van der Waals surface area (Å²) < 4.78 is 1.78. The molecule has 4 aromatic rings. The van der Waals surface area contributed by atoms with E-state index in [1.807, 2.05) is 55.6 Å². The average Bonchev–Trinajstić information content (AvgIpc) is 3.27. The third-order valence-electron chi connectivity index (χ3n) is 5.14. The molecule has 0 fully saturated rings. The van der Waals surface area contributed by atoms with Gasteiger partial charge in [0, 0.05) is 36.5 Å². The number of hydrogen-bond acceptors (Lipinski definition) is 3. The van der Waals surface area contributed by atoms with Gasteiger partial charge in [-0.15, -0.1) is 0 Å². The summed E-state index contributed by atoms with van der Waals surface area (Å²) in [7, 11) is 1.73. The molecule has 3 aromatic carbocycles. The lowest BCUT2D eigenvalue weighted by molar-refractivity contribution is 0.0780. The second-order valence-corrected chi connectivity index (χ2v) is 7.53. The molecular formula is C26H23N3O2. The van der Waals surface area contributed by atoms with Crippen LogP contribution in [0.5, 0.6) is 0 Å². The van der Waals surface area contributed by atoms with Crippen LogP contribution in [0.1, 0.15) is 37.4 Å². The maximum Gasteiger partial charge on any atom is 0.254 e. The number of carbonyl (C=O) groups excluding carboxylic acids is 2. The monoisotopic (exact) mass is 409 g/mol. The number of benzene rings is 3. The van der Waals surface area contributed by atoms with Crippen LogP contribution in [-0.2, 0) is 6.54 Å². The van der Waals surface area contributed by atoms with Crippen molar-refractivity contribution in [3.05, 3.63) is 119 Å². The minimum atomic E-state index is -0.205. The summed E-state index contributed by atoms with van der Waals surface area (Å²) >= 11 is 0. The molecule has 0 unspecified atom stereocenters. The summed E-state index contributed by atoms with van der Waals surface area (Å²) in [6.07, 6.45) is 3.66. The third kappa shape index (κ3) is 4.46. The van der Waals surface area contributed by atoms with Crippen molar-refractivity contribution in [1.82, 2.24) is 14.7 Å². The van der Waals surface area contributed by atoms with Crippen LogP contribution in [0.25, 0.3) is 5.69 Å². The number of rotatable bonds is 6. The zero-order valence-electron chi connectivity index (χ0n) is 17.5. The number of hydrogen-bond donors (Lipinski definition) is 0. The SMILES string of the molecule is Cc1ccc(C(=O)c2ccccc2C(=O)N(C)Cc2cnn(-c3ccccc3)c2)cc1. The maximum absolute atomic E-state index is 13.2. The highest BCUT2D eigenvalue weighted by molar-refractivity contribution is 6.15. The van der Waals surface area contributed by atoms with Crippen LogP contribution < -0.4 is 0 Å². The number of aryl methyl sites for hydroxylation is 1. The van der Waals surface area contributed by atoms with Crippen molar-refractivity contribution >= 4 is 11.7 Å². The molecular weight excluding hydrogens is 386 g/mol. The molecule has 0 saturated carbocycles. The zero-order chi connectivity index (χ0) is 21.8. The van der Waals surface area contributed by atoms with Crippen LogP contribution >= 0.6 is 0 Å². The van der Waals surface area contributed by atoms with Gasteiger partial charge in [0.1, 0.15) is 0 Å². The fourth-order valence-corrected chi connectivity index (χ4v) is 3.44. The van der Waals surface area contributed by atoms with Crippen molar-refractivity contribution in [2.75, 3.05) is 7.05 Å². The summed E-state index contributed by atoms with van der Waals surface area (Å²) in [6.45, 7) is 2.36. The normalized spacial score (nSPS) is 10.6. The third-order valence-corrected chi connectivity index (χ3v) is 5.14. The molecule has 0 aliphatic carbocycles. The molecule has 4 rings (SSSR count). The highest BCUT2D eigenvalue weighted by Gasteiger charge is 2.21. The minimum absolute atomic E-state index is 0.158. The first-order chi connectivity index (χ1) is 15.0. The fraction of sp³-hybridized carbons (Fsp3) is 0.115. The lowest BCUT2D eigenvalue weighted by atomic mass is 9.97. The van der Waals surface area contributed by atoms with Gasteiger partial charge < -0.3 is 4.90 Å². The van der Waals surface area contributed by atoms with Crippen LogP contribution in [0.4, 0.5) is 0 Å². The topological polar surface area (TPSA) is 55.2 Å². The molecule has 0 radical (unpaired) electrons. The van der Waals surface area contributed by atoms with Gasteiger partial charge >= 0.3 is 0 Å². The van der Waals surface area contributed by atoms with Crippen LogP contribution in [0.15, 0.2) is 91.3 Å². The Balaban J connectivity index is 1.54. The fourth-order valence-electron chi connectivity index (χ4n) is 3.44. The summed E-state index contributed by atoms with van der Waals surface area (Å²) in [5.74, 6) is -0.363. The predicted molar refractivity (Wildman–Crippen MR) is 120 cm³/mol. The van der Waals surface area contributed by atoms with Gasteiger partial charge in [0.05, 0.1) is 17.4 Å². The van der Waals surface area contributed by atoms with Gasteiger partial charge in [0.2, 0.25) is 0 Å². The van der Waals surface area contributed by atoms with E-state index in [1.165, 1.54) is 0 Å². The largest absolute Gasteiger partial charge is 0.337 e. The van der Waals surface area contributed by atoms with Crippen LogP contribution in [0.3, 0.4) is 0 Å². The molecule has 154 valence electrons. The highest BCUT2D eigenvalue weighted by Crippen LogP contribution is 2.18. The molecule has 5 nitrogen and oxygen atoms in total. The van der Waals surface area contributed by atoms with Crippen molar-refractivity contribution in [3.63, 3.8) is 0 Å². The van der Waals surface area contributed by atoms with Crippen molar-refractivity contribution < 1.29 is 9.59 Å². The van der Waals surface area contributed by atoms with E-state index in [0.29, 0.717) is 23.2 Å². The van der Waals surface area contributed by atoms with Crippen LogP contribution in [0.2, 0.25) is 0 Å². The first kappa shape index (κ1) is 20.3. The number of ketones is 1. The molecule has 0 spiro atoms. The van der Waals surface area contributed by atoms with Gasteiger partial charge in [-0.2, -0.15) is 5.10 Å². The molecule has 5 heteroatoms. The Hall–Kier alpha value is -3.99. The molecule has 1 amide bonds. The Morgan fingerprint density at radius 3 is 2.23 bits per heavy atom. The number of amides is 1. The number of nitrogens with zero attached hydrogens (tertiary/aromatic N) is 3. The van der Waals surface area contributed by atoms with E-state index in [1.54, 1.807) is 59.2 Å². The van der Waals surface area contributed by atoms with E-state index in [2.05, 4.69) is 5.10 Å². The molecule has 0 atom stereocenters. The standard InChI is InChI=1S/C26H23N3O2/c1-19-12-14-21(15-13-19)25(30)23-10-6-7-11-24(23)26(31)28(2)17-20-16-27-29(18-20)22-8-4-3-5-9-22/h3-16,18H,17H2,1-2H3. The zero-order valence-corrected chi connectivity index (χ0v) is 17.5. The van der Waals surface area contributed by atoms with E-state index >= 15 is 0 Å². The number of para-hydroxylation sites is 1. The predicted octanol–water partition coefficient (Wildman–Crippen LogP) is 4.68. The van der Waals surface area contributed by atoms with E-state index in [-0.39, 0.29) is 11.7 Å². The molecule has 0 aliphatic heterocycles. The Bertz CT molecular complexity index is 1210. The van der Waals surface area contributed by atoms with Gasteiger partial charge in [-0.3, -0.25) is 9.59 Å². The van der Waals surface area contributed by atoms with Gasteiger partial charge in [-0.25, -0.2) is 4.68 Å². The molecule has 0 bridgehead atoms. The van der Waals surface area contributed by atoms with E-state index in [0.717, 1.165) is 16.8 Å².